The van der Waals surface area contributed by atoms with E-state index >= 15 is 0 Å². The molecule has 6 rings (SSSR count). The minimum Gasteiger partial charge on any atom is -0.447 e. The van der Waals surface area contributed by atoms with E-state index in [-0.39, 0.29) is 16.2 Å². The summed E-state index contributed by atoms with van der Waals surface area (Å²) in [5.74, 6) is 0.626. The van der Waals surface area contributed by atoms with Gasteiger partial charge in [0.2, 0.25) is 6.10 Å². The maximum absolute atomic E-state index is 13.7. The first-order valence-electron chi connectivity index (χ1n) is 11.6. The monoisotopic (exact) mass is 495 g/mol. The van der Waals surface area contributed by atoms with Gasteiger partial charge in [0.25, 0.3) is 5.91 Å². The molecule has 0 saturated heterocycles. The topological polar surface area (TPSA) is 55.4 Å². The van der Waals surface area contributed by atoms with Crippen LogP contribution in [0, 0.1) is 31.1 Å². The number of amides is 1. The summed E-state index contributed by atoms with van der Waals surface area (Å²) in [5.41, 5.74) is 3.02. The largest absolute Gasteiger partial charge is 0.447 e. The molecule has 32 heavy (non-hydrogen) atoms. The Balaban J connectivity index is 1.41. The molecule has 0 spiro atoms. The van der Waals surface area contributed by atoms with Gasteiger partial charge in [0.1, 0.15) is 0 Å². The summed E-state index contributed by atoms with van der Waals surface area (Å²) in [4.78, 5) is 27.1. The number of rotatable bonds is 5. The van der Waals surface area contributed by atoms with Crippen LogP contribution in [0.25, 0.3) is 0 Å². The Hall–Kier alpha value is -2.14. The predicted molar refractivity (Wildman–Crippen MR) is 129 cm³/mol. The number of nitrogens with one attached hydrogen (secondary N) is 1. The highest BCUT2D eigenvalue weighted by atomic mass is 79.9. The van der Waals surface area contributed by atoms with E-state index in [0.717, 1.165) is 48.9 Å². The Labute approximate surface area is 198 Å². The molecular weight excluding hydrogens is 466 g/mol. The predicted octanol–water partition coefficient (Wildman–Crippen LogP) is 6.26. The van der Waals surface area contributed by atoms with E-state index in [0.29, 0.717) is 17.4 Å². The Morgan fingerprint density at radius 1 is 1.03 bits per heavy atom. The highest BCUT2D eigenvalue weighted by Gasteiger charge is 2.61. The number of alkyl halides is 1. The third kappa shape index (κ3) is 4.00. The van der Waals surface area contributed by atoms with E-state index in [4.69, 9.17) is 4.74 Å². The molecule has 4 aliphatic carbocycles. The zero-order valence-electron chi connectivity index (χ0n) is 18.7. The summed E-state index contributed by atoms with van der Waals surface area (Å²) >= 11 is 3.97. The van der Waals surface area contributed by atoms with Gasteiger partial charge in [-0.3, -0.25) is 9.59 Å². The van der Waals surface area contributed by atoms with Crippen LogP contribution in [-0.4, -0.2) is 16.2 Å². The van der Waals surface area contributed by atoms with Crippen LogP contribution < -0.4 is 5.32 Å². The highest BCUT2D eigenvalue weighted by Crippen LogP contribution is 2.64. The van der Waals surface area contributed by atoms with Gasteiger partial charge >= 0.3 is 5.97 Å². The number of anilines is 1. The Kier molecular flexibility index (Phi) is 5.43. The summed E-state index contributed by atoms with van der Waals surface area (Å²) in [6, 6.07) is 15.3. The smallest absolute Gasteiger partial charge is 0.313 e. The van der Waals surface area contributed by atoms with E-state index in [9.17, 15) is 9.59 Å². The van der Waals surface area contributed by atoms with Gasteiger partial charge in [0, 0.05) is 15.6 Å². The molecule has 1 N–H and O–H groups in total. The number of halogens is 1. The van der Waals surface area contributed by atoms with Crippen LogP contribution in [0.15, 0.2) is 48.5 Å². The molecule has 0 aromatic heterocycles. The third-order valence-corrected chi connectivity index (χ3v) is 8.57. The number of carbonyl (C=O) groups excluding carboxylic acids is 2. The standard InChI is InChI=1S/C27H30BrNO3/c1-17-8-9-18(2)22(10-17)29-24(30)23(21-6-4-3-5-7-21)32-25(31)26-12-19-11-20(13-26)15-27(28,14-19)16-26/h3-10,19-20,23H,11-16H2,1-2H3,(H,29,30)/t19-,20-,23-,26?,27?/m1/s1. The average molecular weight is 496 g/mol. The van der Waals surface area contributed by atoms with Gasteiger partial charge in [-0.1, -0.05) is 58.4 Å². The molecule has 0 aliphatic heterocycles. The fourth-order valence-electron chi connectivity index (χ4n) is 6.59. The molecule has 3 atom stereocenters. The molecule has 0 heterocycles. The second-order valence-electron chi connectivity index (χ2n) is 10.4. The average Bonchev–Trinajstić information content (AvgIpc) is 2.73. The van der Waals surface area contributed by atoms with E-state index in [2.05, 4.69) is 21.2 Å². The molecule has 2 aromatic carbocycles. The van der Waals surface area contributed by atoms with Crippen molar-refractivity contribution in [2.75, 3.05) is 5.32 Å². The van der Waals surface area contributed by atoms with Crippen LogP contribution in [-0.2, 0) is 14.3 Å². The Morgan fingerprint density at radius 2 is 1.72 bits per heavy atom. The summed E-state index contributed by atoms with van der Waals surface area (Å²) < 4.78 is 6.15. The van der Waals surface area contributed by atoms with Crippen molar-refractivity contribution in [2.45, 2.75) is 62.8 Å². The number of hydrogen-bond acceptors (Lipinski definition) is 3. The summed E-state index contributed by atoms with van der Waals surface area (Å²) in [6.45, 7) is 3.95. The van der Waals surface area contributed by atoms with E-state index < -0.39 is 11.5 Å². The summed E-state index contributed by atoms with van der Waals surface area (Å²) in [6.07, 6.45) is 5.12. The first kappa shape index (κ1) is 21.7. The van der Waals surface area contributed by atoms with Gasteiger partial charge in [-0.15, -0.1) is 0 Å². The van der Waals surface area contributed by atoms with Crippen molar-refractivity contribution < 1.29 is 14.3 Å². The van der Waals surface area contributed by atoms with Crippen molar-refractivity contribution in [3.05, 3.63) is 65.2 Å². The van der Waals surface area contributed by atoms with Crippen LogP contribution in [0.3, 0.4) is 0 Å². The second kappa shape index (κ2) is 8.02. The number of aryl methyl sites for hydroxylation is 2. The van der Waals surface area contributed by atoms with Crippen molar-refractivity contribution in [2.24, 2.45) is 17.3 Å². The maximum atomic E-state index is 13.7. The molecule has 0 radical (unpaired) electrons. The molecule has 4 aliphatic rings. The van der Waals surface area contributed by atoms with Crippen LogP contribution in [0.5, 0.6) is 0 Å². The number of esters is 1. The zero-order valence-corrected chi connectivity index (χ0v) is 20.3. The van der Waals surface area contributed by atoms with Gasteiger partial charge in [0.05, 0.1) is 5.41 Å². The number of ether oxygens (including phenoxy) is 1. The van der Waals surface area contributed by atoms with Crippen molar-refractivity contribution in [1.29, 1.82) is 0 Å². The molecule has 5 heteroatoms. The third-order valence-electron chi connectivity index (χ3n) is 7.64. The van der Waals surface area contributed by atoms with Crippen LogP contribution in [0.4, 0.5) is 5.69 Å². The minimum atomic E-state index is -0.970. The van der Waals surface area contributed by atoms with Crippen LogP contribution >= 0.6 is 15.9 Å². The summed E-state index contributed by atoms with van der Waals surface area (Å²) in [5, 5.41) is 3.01. The van der Waals surface area contributed by atoms with Gasteiger partial charge < -0.3 is 10.1 Å². The van der Waals surface area contributed by atoms with Gasteiger partial charge in [-0.25, -0.2) is 0 Å². The van der Waals surface area contributed by atoms with Crippen LogP contribution in [0.1, 0.15) is 61.3 Å². The van der Waals surface area contributed by atoms with Crippen LogP contribution in [0.2, 0.25) is 0 Å². The normalized spacial score (nSPS) is 31.2. The molecule has 4 nitrogen and oxygen atoms in total. The molecule has 1 amide bonds. The lowest BCUT2D eigenvalue weighted by atomic mass is 9.49. The molecular formula is C27H30BrNO3. The SMILES string of the molecule is Cc1ccc(C)c(NC(=O)[C@H](OC(=O)C23C[C@H]4C[C@@H](CC(Br)(C4)C2)C3)c2ccccc2)c1. The van der Waals surface area contributed by atoms with Gasteiger partial charge in [-0.2, -0.15) is 0 Å². The molecule has 4 fully saturated rings. The van der Waals surface area contributed by atoms with Crippen molar-refractivity contribution in [1.82, 2.24) is 0 Å². The van der Waals surface area contributed by atoms with Crippen molar-refractivity contribution >= 4 is 33.5 Å². The lowest BCUT2D eigenvalue weighted by Crippen LogP contribution is -2.56. The Bertz CT molecular complexity index is 1040. The molecule has 0 unspecified atom stereocenters. The molecule has 4 saturated carbocycles. The second-order valence-corrected chi connectivity index (χ2v) is 12.1. The van der Waals surface area contributed by atoms with E-state index in [1.54, 1.807) is 0 Å². The number of benzene rings is 2. The minimum absolute atomic E-state index is 0.0548. The first-order valence-corrected chi connectivity index (χ1v) is 12.4. The zero-order chi connectivity index (χ0) is 22.5. The van der Waals surface area contributed by atoms with Gasteiger partial charge in [-0.05, 0) is 81.4 Å². The molecule has 168 valence electrons. The van der Waals surface area contributed by atoms with E-state index in [1.807, 2.05) is 62.4 Å². The van der Waals surface area contributed by atoms with Crippen molar-refractivity contribution in [3.63, 3.8) is 0 Å². The number of hydrogen-bond donors (Lipinski definition) is 1. The first-order chi connectivity index (χ1) is 15.3. The van der Waals surface area contributed by atoms with Crippen molar-refractivity contribution in [3.8, 4) is 0 Å². The molecule has 4 bridgehead atoms. The fraction of sp³-hybridized carbons (Fsp3) is 0.481. The fourth-order valence-corrected chi connectivity index (χ4v) is 8.04. The maximum Gasteiger partial charge on any atom is 0.313 e. The van der Waals surface area contributed by atoms with E-state index in [1.165, 1.54) is 6.42 Å². The lowest BCUT2D eigenvalue weighted by Gasteiger charge is -2.58. The highest BCUT2D eigenvalue weighted by molar-refractivity contribution is 9.10. The number of carbonyl (C=O) groups is 2. The quantitative estimate of drug-likeness (QED) is 0.393. The Morgan fingerprint density at radius 3 is 2.38 bits per heavy atom. The molecule has 2 aromatic rings. The lowest BCUT2D eigenvalue weighted by molar-refractivity contribution is -0.177. The summed E-state index contributed by atoms with van der Waals surface area (Å²) in [7, 11) is 0. The van der Waals surface area contributed by atoms with Gasteiger partial charge in [0.15, 0.2) is 0 Å².